The molecule has 0 aliphatic carbocycles. The van der Waals surface area contributed by atoms with E-state index in [1.165, 1.54) is 12.8 Å². The third kappa shape index (κ3) is 5.05. The molecule has 5 rings (SSSR count). The number of furan rings is 1. The molecule has 0 N–H and O–H groups in total. The Balaban J connectivity index is 1.18. The molecule has 0 unspecified atom stereocenters. The summed E-state index contributed by atoms with van der Waals surface area (Å²) in [7, 11) is 0. The molecule has 2 aromatic heterocycles. The zero-order chi connectivity index (χ0) is 25.2. The number of nitrogens with zero attached hydrogens (tertiary/aromatic N) is 3. The van der Waals surface area contributed by atoms with Crippen LogP contribution in [-0.2, 0) is 16.0 Å². The second-order valence-electron chi connectivity index (χ2n) is 10.2. The van der Waals surface area contributed by atoms with Crippen LogP contribution < -0.4 is 5.63 Å². The van der Waals surface area contributed by atoms with E-state index in [1.807, 2.05) is 29.7 Å². The van der Waals surface area contributed by atoms with Crippen molar-refractivity contribution in [1.82, 2.24) is 14.7 Å². The topological polar surface area (TPSA) is 87.2 Å². The second-order valence-corrected chi connectivity index (χ2v) is 10.2. The maximum absolute atomic E-state index is 12.9. The van der Waals surface area contributed by atoms with Crippen molar-refractivity contribution in [3.63, 3.8) is 0 Å². The van der Waals surface area contributed by atoms with E-state index < -0.39 is 5.63 Å². The maximum Gasteiger partial charge on any atom is 0.339 e. The van der Waals surface area contributed by atoms with Gasteiger partial charge in [-0.25, -0.2) is 4.79 Å². The molecule has 2 amide bonds. The fourth-order valence-corrected chi connectivity index (χ4v) is 5.48. The van der Waals surface area contributed by atoms with Gasteiger partial charge in [0.05, 0.1) is 12.8 Å². The Morgan fingerprint density at radius 3 is 2.25 bits per heavy atom. The highest BCUT2D eigenvalue weighted by Crippen LogP contribution is 2.29. The SMILES string of the molecule is Cc1coc2cc3oc(=O)c(CCC(=O)N4CCN(CC(=O)N5CCCCCC5)CC4)c(C)c3cc12. The Bertz CT molecular complexity index is 1320. The van der Waals surface area contributed by atoms with Crippen molar-refractivity contribution in [1.29, 1.82) is 0 Å². The largest absolute Gasteiger partial charge is 0.464 e. The van der Waals surface area contributed by atoms with Crippen LogP contribution in [0.4, 0.5) is 0 Å². The van der Waals surface area contributed by atoms with Crippen LogP contribution >= 0.6 is 0 Å². The number of piperazine rings is 1. The Hall–Kier alpha value is -3.13. The van der Waals surface area contributed by atoms with Crippen LogP contribution in [0.3, 0.4) is 0 Å². The van der Waals surface area contributed by atoms with Crippen LogP contribution in [0.15, 0.2) is 32.0 Å². The molecule has 4 heterocycles. The summed E-state index contributed by atoms with van der Waals surface area (Å²) in [6.07, 6.45) is 6.90. The van der Waals surface area contributed by atoms with Crippen LogP contribution in [0.25, 0.3) is 21.9 Å². The fourth-order valence-electron chi connectivity index (χ4n) is 5.48. The lowest BCUT2D eigenvalue weighted by atomic mass is 10.0. The minimum Gasteiger partial charge on any atom is -0.464 e. The van der Waals surface area contributed by atoms with Crippen LogP contribution in [0.2, 0.25) is 0 Å². The average Bonchev–Trinajstić information content (AvgIpc) is 3.06. The van der Waals surface area contributed by atoms with Crippen molar-refractivity contribution < 1.29 is 18.4 Å². The van der Waals surface area contributed by atoms with Gasteiger partial charge in [0, 0.05) is 68.1 Å². The molecule has 2 aliphatic rings. The summed E-state index contributed by atoms with van der Waals surface area (Å²) in [4.78, 5) is 44.3. The number of fused-ring (bicyclic) bond motifs is 2. The Morgan fingerprint density at radius 1 is 0.833 bits per heavy atom. The molecule has 1 aromatic carbocycles. The Morgan fingerprint density at radius 2 is 1.53 bits per heavy atom. The van der Waals surface area contributed by atoms with Gasteiger partial charge in [0.1, 0.15) is 11.2 Å². The average molecular weight is 494 g/mol. The summed E-state index contributed by atoms with van der Waals surface area (Å²) >= 11 is 0. The first-order valence-corrected chi connectivity index (χ1v) is 13.1. The predicted molar refractivity (Wildman–Crippen MR) is 138 cm³/mol. The number of carbonyl (C=O) groups excluding carboxylic acids is 2. The van der Waals surface area contributed by atoms with Crippen molar-refractivity contribution in [3.8, 4) is 0 Å². The maximum atomic E-state index is 12.9. The molecule has 36 heavy (non-hydrogen) atoms. The molecule has 8 heteroatoms. The minimum atomic E-state index is -0.396. The molecule has 0 atom stereocenters. The second kappa shape index (κ2) is 10.5. The van der Waals surface area contributed by atoms with Crippen molar-refractivity contribution >= 4 is 33.8 Å². The summed E-state index contributed by atoms with van der Waals surface area (Å²) in [5.41, 5.74) is 3.23. The third-order valence-electron chi connectivity index (χ3n) is 7.81. The molecular weight excluding hydrogens is 458 g/mol. The number of likely N-dealkylation sites (tertiary alicyclic amines) is 1. The summed E-state index contributed by atoms with van der Waals surface area (Å²) in [5, 5.41) is 1.87. The van der Waals surface area contributed by atoms with Gasteiger partial charge < -0.3 is 18.6 Å². The van der Waals surface area contributed by atoms with E-state index >= 15 is 0 Å². The summed E-state index contributed by atoms with van der Waals surface area (Å²) in [6.45, 7) is 8.67. The Kier molecular flexibility index (Phi) is 7.14. The van der Waals surface area contributed by atoms with Crippen LogP contribution in [0.5, 0.6) is 0 Å². The lowest BCUT2D eigenvalue weighted by Gasteiger charge is -2.35. The summed E-state index contributed by atoms with van der Waals surface area (Å²) < 4.78 is 11.1. The molecule has 0 saturated carbocycles. The molecule has 2 aliphatic heterocycles. The van der Waals surface area contributed by atoms with Gasteiger partial charge in [-0.1, -0.05) is 12.8 Å². The number of hydrogen-bond donors (Lipinski definition) is 0. The van der Waals surface area contributed by atoms with Crippen molar-refractivity contribution in [2.24, 2.45) is 0 Å². The molecule has 0 radical (unpaired) electrons. The lowest BCUT2D eigenvalue weighted by Crippen LogP contribution is -2.51. The number of aryl methyl sites for hydroxylation is 2. The zero-order valence-electron chi connectivity index (χ0n) is 21.3. The molecule has 3 aromatic rings. The highest BCUT2D eigenvalue weighted by Gasteiger charge is 2.25. The predicted octanol–water partition coefficient (Wildman–Crippen LogP) is 3.64. The molecule has 0 bridgehead atoms. The molecule has 2 fully saturated rings. The molecule has 0 spiro atoms. The van der Waals surface area contributed by atoms with Gasteiger partial charge in [0.15, 0.2) is 0 Å². The molecule has 8 nitrogen and oxygen atoms in total. The third-order valence-corrected chi connectivity index (χ3v) is 7.81. The molecule has 2 saturated heterocycles. The number of hydrogen-bond acceptors (Lipinski definition) is 6. The van der Waals surface area contributed by atoms with Gasteiger partial charge >= 0.3 is 5.63 Å². The monoisotopic (exact) mass is 493 g/mol. The van der Waals surface area contributed by atoms with E-state index in [2.05, 4.69) is 4.90 Å². The van der Waals surface area contributed by atoms with E-state index in [0.29, 0.717) is 55.9 Å². The van der Waals surface area contributed by atoms with Crippen LogP contribution in [-0.4, -0.2) is 72.3 Å². The first-order chi connectivity index (χ1) is 17.4. The first kappa shape index (κ1) is 24.6. The van der Waals surface area contributed by atoms with E-state index in [0.717, 1.165) is 47.8 Å². The van der Waals surface area contributed by atoms with E-state index in [1.54, 1.807) is 12.3 Å². The minimum absolute atomic E-state index is 0.0357. The van der Waals surface area contributed by atoms with E-state index in [-0.39, 0.29) is 18.2 Å². The smallest absolute Gasteiger partial charge is 0.339 e. The standard InChI is InChI=1S/C28H35N3O5/c1-19-18-35-24-16-25-23(15-22(19)24)20(2)21(28(34)36-25)7-8-26(32)31-13-11-29(12-14-31)17-27(33)30-9-5-3-4-6-10-30/h15-16,18H,3-14,17H2,1-2H3. The highest BCUT2D eigenvalue weighted by atomic mass is 16.4. The van der Waals surface area contributed by atoms with Gasteiger partial charge in [0.2, 0.25) is 11.8 Å². The molecular formula is C28H35N3O5. The summed E-state index contributed by atoms with van der Waals surface area (Å²) in [5.74, 6) is 0.242. The number of amides is 2. The number of benzene rings is 1. The number of carbonyl (C=O) groups is 2. The van der Waals surface area contributed by atoms with Crippen molar-refractivity contribution in [2.75, 3.05) is 45.8 Å². The fraction of sp³-hybridized carbons (Fsp3) is 0.536. The Labute approximate surface area is 210 Å². The highest BCUT2D eigenvalue weighted by molar-refractivity contribution is 5.96. The first-order valence-electron chi connectivity index (χ1n) is 13.1. The van der Waals surface area contributed by atoms with Crippen LogP contribution in [0, 0.1) is 13.8 Å². The van der Waals surface area contributed by atoms with E-state index in [9.17, 15) is 14.4 Å². The van der Waals surface area contributed by atoms with Crippen molar-refractivity contribution in [2.45, 2.75) is 52.4 Å². The number of rotatable bonds is 5. The van der Waals surface area contributed by atoms with E-state index in [4.69, 9.17) is 8.83 Å². The molecule has 192 valence electrons. The zero-order valence-corrected chi connectivity index (χ0v) is 21.3. The normalized spacial score (nSPS) is 17.6. The summed E-state index contributed by atoms with van der Waals surface area (Å²) in [6, 6.07) is 3.76. The van der Waals surface area contributed by atoms with Gasteiger partial charge in [-0.2, -0.15) is 0 Å². The quantitative estimate of drug-likeness (QED) is 0.505. The lowest BCUT2D eigenvalue weighted by molar-refractivity contribution is -0.135. The van der Waals surface area contributed by atoms with Gasteiger partial charge in [-0.3, -0.25) is 14.5 Å². The van der Waals surface area contributed by atoms with Crippen molar-refractivity contribution in [3.05, 3.63) is 45.5 Å². The van der Waals surface area contributed by atoms with Gasteiger partial charge in [-0.05, 0) is 50.3 Å². The van der Waals surface area contributed by atoms with Gasteiger partial charge in [-0.15, -0.1) is 0 Å². The van der Waals surface area contributed by atoms with Crippen LogP contribution in [0.1, 0.15) is 48.8 Å². The van der Waals surface area contributed by atoms with Gasteiger partial charge in [0.25, 0.3) is 0 Å².